The van der Waals surface area contributed by atoms with Crippen LogP contribution in [-0.2, 0) is 27.1 Å². The molecule has 0 bridgehead atoms. The molecule has 0 unspecified atom stereocenters. The Morgan fingerprint density at radius 1 is 0.826 bits per heavy atom. The van der Waals surface area contributed by atoms with E-state index in [9.17, 15) is 14.4 Å². The molecule has 2 aromatic carbocycles. The van der Waals surface area contributed by atoms with Gasteiger partial charge in [0.2, 0.25) is 5.91 Å². The predicted octanol–water partition coefficient (Wildman–Crippen LogP) is 7.32. The molecule has 248 valence electrons. The van der Waals surface area contributed by atoms with E-state index in [0.29, 0.717) is 43.8 Å². The zero-order valence-corrected chi connectivity index (χ0v) is 27.9. The fourth-order valence-corrected chi connectivity index (χ4v) is 5.41. The molecule has 0 saturated heterocycles. The molecule has 0 aliphatic rings. The number of aromatic nitrogens is 1. The van der Waals surface area contributed by atoms with E-state index in [-0.39, 0.29) is 17.8 Å². The fraction of sp³-hybridized carbons (Fsp3) is 0.457. The monoisotopic (exact) mass is 648 g/mol. The van der Waals surface area contributed by atoms with Gasteiger partial charge in [-0.1, -0.05) is 49.6 Å². The van der Waals surface area contributed by atoms with Crippen LogP contribution in [0.15, 0.2) is 77.1 Å². The van der Waals surface area contributed by atoms with Gasteiger partial charge >= 0.3 is 5.97 Å². The molecular weight excluding hydrogens is 600 g/mol. The Hall–Kier alpha value is -3.96. The number of ether oxygens (including phenoxy) is 1. The van der Waals surface area contributed by atoms with Crippen molar-refractivity contribution in [1.29, 1.82) is 0 Å². The number of hydrogen-bond donors (Lipinski definition) is 3. The Kier molecular flexibility index (Phi) is 17.2. The largest absolute Gasteiger partial charge is 0.465 e. The van der Waals surface area contributed by atoms with E-state index in [1.165, 1.54) is 5.56 Å². The number of nitrogens with zero attached hydrogens (tertiary/aromatic N) is 3. The molecule has 46 heavy (non-hydrogen) atoms. The van der Waals surface area contributed by atoms with Crippen LogP contribution in [0, 0.1) is 0 Å². The minimum Gasteiger partial charge on any atom is -0.465 e. The summed E-state index contributed by atoms with van der Waals surface area (Å²) < 4.78 is 7.08. The maximum atomic E-state index is 12.6. The average molecular weight is 649 g/mol. The predicted molar refractivity (Wildman–Crippen MR) is 186 cm³/mol. The minimum atomic E-state index is -0.190. The van der Waals surface area contributed by atoms with Crippen LogP contribution >= 0.6 is 11.8 Å². The standard InChI is InChI=1S/C35H48N6O4S/c1-36-21-11-4-3-9-15-33(42)38-31-25-32(41(2)26-31)35(44)37-22-12-6-10-16-34(43)45-23-24-46-27-28-17-19-30(20-18-28)40-39-29-13-7-5-8-14-29/h5,7-8,13-14,17-20,25-26,36H,3-4,6,9-12,15-16,21-24,27H2,1-2H3,(H,37,44)(H,38,42). The summed E-state index contributed by atoms with van der Waals surface area (Å²) in [5.74, 6) is 1.15. The lowest BCUT2D eigenvalue weighted by atomic mass is 10.1. The first-order valence-electron chi connectivity index (χ1n) is 16.1. The van der Waals surface area contributed by atoms with Gasteiger partial charge in [0.15, 0.2) is 0 Å². The van der Waals surface area contributed by atoms with Gasteiger partial charge in [-0.3, -0.25) is 14.4 Å². The molecule has 0 radical (unpaired) electrons. The van der Waals surface area contributed by atoms with Crippen molar-refractivity contribution in [2.45, 2.75) is 63.5 Å². The van der Waals surface area contributed by atoms with Gasteiger partial charge in [0, 0.05) is 44.1 Å². The summed E-state index contributed by atoms with van der Waals surface area (Å²) in [7, 11) is 3.73. The number of carbonyl (C=O) groups excluding carboxylic acids is 3. The van der Waals surface area contributed by atoms with Gasteiger partial charge in [0.25, 0.3) is 5.91 Å². The maximum absolute atomic E-state index is 12.6. The third-order valence-electron chi connectivity index (χ3n) is 7.18. The molecule has 0 fully saturated rings. The number of amides is 2. The van der Waals surface area contributed by atoms with Crippen LogP contribution in [0.2, 0.25) is 0 Å². The summed E-state index contributed by atoms with van der Waals surface area (Å²) in [4.78, 5) is 36.9. The second-order valence-electron chi connectivity index (χ2n) is 11.1. The highest BCUT2D eigenvalue weighted by atomic mass is 32.2. The number of rotatable bonds is 22. The second-order valence-corrected chi connectivity index (χ2v) is 12.2. The van der Waals surface area contributed by atoms with Gasteiger partial charge in [0.1, 0.15) is 12.3 Å². The molecule has 0 saturated carbocycles. The number of unbranched alkanes of at least 4 members (excludes halogenated alkanes) is 5. The Bertz CT molecular complexity index is 1360. The van der Waals surface area contributed by atoms with Crippen molar-refractivity contribution in [3.8, 4) is 0 Å². The van der Waals surface area contributed by atoms with Crippen molar-refractivity contribution in [1.82, 2.24) is 15.2 Å². The summed E-state index contributed by atoms with van der Waals surface area (Å²) in [6, 6.07) is 19.3. The van der Waals surface area contributed by atoms with Gasteiger partial charge in [0.05, 0.1) is 17.1 Å². The first kappa shape index (κ1) is 36.5. The van der Waals surface area contributed by atoms with Crippen LogP contribution in [0.3, 0.4) is 0 Å². The van der Waals surface area contributed by atoms with E-state index in [2.05, 4.69) is 26.2 Å². The van der Waals surface area contributed by atoms with Crippen LogP contribution in [0.1, 0.15) is 73.8 Å². The molecular formula is C35H48N6O4S. The second kappa shape index (κ2) is 21.7. The van der Waals surface area contributed by atoms with E-state index >= 15 is 0 Å². The summed E-state index contributed by atoms with van der Waals surface area (Å²) >= 11 is 1.72. The van der Waals surface area contributed by atoms with E-state index in [0.717, 1.165) is 68.0 Å². The molecule has 0 aliphatic heterocycles. The Morgan fingerprint density at radius 3 is 2.26 bits per heavy atom. The van der Waals surface area contributed by atoms with Crippen molar-refractivity contribution in [2.24, 2.45) is 17.3 Å². The third-order valence-corrected chi connectivity index (χ3v) is 8.17. The number of esters is 1. The van der Waals surface area contributed by atoms with Crippen LogP contribution in [0.25, 0.3) is 0 Å². The van der Waals surface area contributed by atoms with E-state index in [1.807, 2.05) is 61.6 Å². The molecule has 0 atom stereocenters. The summed E-state index contributed by atoms with van der Waals surface area (Å²) in [5, 5.41) is 17.4. The zero-order chi connectivity index (χ0) is 32.8. The molecule has 10 nitrogen and oxygen atoms in total. The number of hydrogen-bond acceptors (Lipinski definition) is 8. The highest BCUT2D eigenvalue weighted by Gasteiger charge is 2.13. The Labute approximate surface area is 277 Å². The number of nitrogens with one attached hydrogen (secondary N) is 3. The average Bonchev–Trinajstić information content (AvgIpc) is 3.43. The van der Waals surface area contributed by atoms with Crippen molar-refractivity contribution in [3.63, 3.8) is 0 Å². The number of thioether (sulfide) groups is 1. The van der Waals surface area contributed by atoms with Crippen LogP contribution in [0.4, 0.5) is 17.1 Å². The molecule has 3 aromatic rings. The Balaban J connectivity index is 1.18. The van der Waals surface area contributed by atoms with Gasteiger partial charge in [-0.25, -0.2) is 0 Å². The summed E-state index contributed by atoms with van der Waals surface area (Å²) in [6.45, 7) is 1.90. The highest BCUT2D eigenvalue weighted by molar-refractivity contribution is 7.98. The van der Waals surface area contributed by atoms with Gasteiger partial charge in [-0.2, -0.15) is 22.0 Å². The topological polar surface area (TPSA) is 126 Å². The summed E-state index contributed by atoms with van der Waals surface area (Å²) in [6.07, 6.45) is 9.00. The van der Waals surface area contributed by atoms with Crippen molar-refractivity contribution >= 4 is 46.6 Å². The maximum Gasteiger partial charge on any atom is 0.305 e. The van der Waals surface area contributed by atoms with E-state index in [1.54, 1.807) is 35.6 Å². The smallest absolute Gasteiger partial charge is 0.305 e. The van der Waals surface area contributed by atoms with Gasteiger partial charge in [-0.15, -0.1) is 0 Å². The lowest BCUT2D eigenvalue weighted by molar-refractivity contribution is -0.143. The molecule has 2 amide bonds. The highest BCUT2D eigenvalue weighted by Crippen LogP contribution is 2.20. The van der Waals surface area contributed by atoms with Crippen molar-refractivity contribution < 1.29 is 19.1 Å². The van der Waals surface area contributed by atoms with Crippen LogP contribution < -0.4 is 16.0 Å². The zero-order valence-electron chi connectivity index (χ0n) is 27.1. The molecule has 0 aliphatic carbocycles. The lowest BCUT2D eigenvalue weighted by Gasteiger charge is -2.07. The van der Waals surface area contributed by atoms with Crippen LogP contribution in [0.5, 0.6) is 0 Å². The molecule has 11 heteroatoms. The quantitative estimate of drug-likeness (QED) is 0.0596. The van der Waals surface area contributed by atoms with E-state index < -0.39 is 0 Å². The van der Waals surface area contributed by atoms with Gasteiger partial charge < -0.3 is 25.3 Å². The number of aryl methyl sites for hydroxylation is 1. The van der Waals surface area contributed by atoms with Crippen molar-refractivity contribution in [2.75, 3.05) is 37.8 Å². The molecule has 1 heterocycles. The number of carbonyl (C=O) groups is 3. The minimum absolute atomic E-state index is 0.0337. The SMILES string of the molecule is CNCCCCCCC(=O)Nc1cc(C(=O)NCCCCCC(=O)OCCSCc2ccc(N=Nc3ccccc3)cc2)n(C)c1. The van der Waals surface area contributed by atoms with Crippen molar-refractivity contribution in [3.05, 3.63) is 78.1 Å². The Morgan fingerprint density at radius 2 is 1.50 bits per heavy atom. The molecule has 3 rings (SSSR count). The molecule has 0 spiro atoms. The normalized spacial score (nSPS) is 11.1. The third kappa shape index (κ3) is 14.9. The molecule has 3 N–H and O–H groups in total. The number of azo groups is 1. The van der Waals surface area contributed by atoms with Crippen LogP contribution in [-0.4, -0.2) is 54.8 Å². The summed E-state index contributed by atoms with van der Waals surface area (Å²) in [5.41, 5.74) is 3.92. The first-order chi connectivity index (χ1) is 22.4. The molecule has 1 aromatic heterocycles. The fourth-order valence-electron chi connectivity index (χ4n) is 4.63. The first-order valence-corrected chi connectivity index (χ1v) is 17.3. The lowest BCUT2D eigenvalue weighted by Crippen LogP contribution is -2.26. The van der Waals surface area contributed by atoms with E-state index in [4.69, 9.17) is 4.74 Å². The van der Waals surface area contributed by atoms with Gasteiger partial charge in [-0.05, 0) is 75.2 Å². The number of benzene rings is 2. The number of anilines is 1.